The number of amides is 1. The summed E-state index contributed by atoms with van der Waals surface area (Å²) in [6.45, 7) is 0. The van der Waals surface area contributed by atoms with Crippen LogP contribution in [0.15, 0.2) is 53.3 Å². The molecule has 31 heavy (non-hydrogen) atoms. The number of methoxy groups -OCH3 is 1. The molecule has 10 nitrogen and oxygen atoms in total. The Bertz CT molecular complexity index is 1300. The average Bonchev–Trinajstić information content (AvgIpc) is 2.78. The van der Waals surface area contributed by atoms with E-state index in [1.807, 2.05) is 0 Å². The van der Waals surface area contributed by atoms with Crippen molar-refractivity contribution in [1.29, 1.82) is 0 Å². The second-order valence-corrected chi connectivity index (χ2v) is 6.40. The average molecular weight is 421 g/mol. The van der Waals surface area contributed by atoms with Crippen LogP contribution in [0.1, 0.15) is 27.5 Å². The van der Waals surface area contributed by atoms with Gasteiger partial charge in [0.25, 0.3) is 17.2 Å². The Labute approximate surface area is 174 Å². The molecule has 1 atom stereocenters. The molecule has 0 bridgehead atoms. The number of carbonyl (C=O) groups excluding carboxylic acids is 5. The van der Waals surface area contributed by atoms with Gasteiger partial charge < -0.3 is 15.5 Å². The van der Waals surface area contributed by atoms with Gasteiger partial charge in [0.05, 0.1) is 18.1 Å². The van der Waals surface area contributed by atoms with Crippen LogP contribution in [0, 0.1) is 0 Å². The van der Waals surface area contributed by atoms with Gasteiger partial charge in [0.1, 0.15) is 11.6 Å². The van der Waals surface area contributed by atoms with Crippen molar-refractivity contribution in [3.8, 4) is 0 Å². The quantitative estimate of drug-likeness (QED) is 0.233. The maximum atomic E-state index is 12.6. The van der Waals surface area contributed by atoms with Crippen LogP contribution in [0.2, 0.25) is 0 Å². The summed E-state index contributed by atoms with van der Waals surface area (Å²) in [6, 6.07) is 12.7. The number of nitrogens with zero attached hydrogens (tertiary/aromatic N) is 1. The molecule has 2 aromatic carbocycles. The minimum atomic E-state index is -2.15. The second-order valence-electron chi connectivity index (χ2n) is 6.40. The largest absolute Gasteiger partial charge is 0.463 e. The Morgan fingerprint density at radius 2 is 1.65 bits per heavy atom. The summed E-state index contributed by atoms with van der Waals surface area (Å²) in [5.41, 5.74) is 4.22. The van der Waals surface area contributed by atoms with Gasteiger partial charge in [0, 0.05) is 11.1 Å². The summed E-state index contributed by atoms with van der Waals surface area (Å²) in [6.07, 6.45) is 0. The molecule has 1 heterocycles. The number of aromatic amines is 1. The fraction of sp³-hybridized carbons (Fsp3) is 0.0952. The lowest BCUT2D eigenvalue weighted by molar-refractivity contribution is -0.154. The van der Waals surface area contributed by atoms with Crippen molar-refractivity contribution in [2.24, 2.45) is 5.73 Å². The highest BCUT2D eigenvalue weighted by Gasteiger charge is 2.39. The van der Waals surface area contributed by atoms with Crippen molar-refractivity contribution >= 4 is 40.3 Å². The molecule has 0 saturated carbocycles. The summed E-state index contributed by atoms with van der Waals surface area (Å²) in [5.74, 6) is -8.35. The van der Waals surface area contributed by atoms with E-state index in [-0.39, 0.29) is 22.4 Å². The van der Waals surface area contributed by atoms with Gasteiger partial charge in [-0.3, -0.25) is 24.0 Å². The molecule has 0 aliphatic heterocycles. The van der Waals surface area contributed by atoms with Crippen LogP contribution >= 0.6 is 0 Å². The first-order chi connectivity index (χ1) is 14.7. The van der Waals surface area contributed by atoms with Gasteiger partial charge in [0.15, 0.2) is 5.78 Å². The van der Waals surface area contributed by atoms with E-state index in [4.69, 9.17) is 5.73 Å². The summed E-state index contributed by atoms with van der Waals surface area (Å²) in [7, 11) is 0.898. The molecule has 3 rings (SSSR count). The predicted molar refractivity (Wildman–Crippen MR) is 106 cm³/mol. The first kappa shape index (κ1) is 21.2. The summed E-state index contributed by atoms with van der Waals surface area (Å²) in [4.78, 5) is 79.0. The zero-order chi connectivity index (χ0) is 22.7. The van der Waals surface area contributed by atoms with Crippen LogP contribution in [0.3, 0.4) is 0 Å². The number of nitrogens with two attached hydrogens (primary N) is 1. The fourth-order valence-corrected chi connectivity index (χ4v) is 2.92. The number of Topliss-reactive ketones (excluding diaryl/α,β-unsaturated/α-hetero) is 2. The number of hydrogen-bond donors (Lipinski definition) is 2. The van der Waals surface area contributed by atoms with Crippen molar-refractivity contribution in [2.75, 3.05) is 7.11 Å². The molecule has 0 radical (unpaired) electrons. The molecular weight excluding hydrogens is 406 g/mol. The molecule has 1 amide bonds. The third kappa shape index (κ3) is 4.13. The number of benzene rings is 2. The molecule has 0 spiro atoms. The number of aromatic nitrogens is 2. The normalized spacial score (nSPS) is 11.5. The Morgan fingerprint density at radius 3 is 2.26 bits per heavy atom. The standard InChI is InChI=1S/C21H15N3O7/c1-31-21(30)18(27)14(17(26)19(22)28)15-20(29)24-13-9-11(7-8-12(13)23-15)16(25)10-5-3-2-4-6-10/h2-9,14H,1H3,(H2,22,28)(H,24,29)/t14-/m1/s1. The number of primary amides is 1. The molecule has 156 valence electrons. The van der Waals surface area contributed by atoms with Crippen LogP contribution in [-0.2, 0) is 23.9 Å². The van der Waals surface area contributed by atoms with Crippen LogP contribution in [0.4, 0.5) is 0 Å². The predicted octanol–water partition coefficient (Wildman–Crippen LogP) is 0.0342. The Hall–Kier alpha value is -4.47. The fourth-order valence-electron chi connectivity index (χ4n) is 2.92. The topological polar surface area (TPSA) is 166 Å². The van der Waals surface area contributed by atoms with Gasteiger partial charge >= 0.3 is 5.97 Å². The number of esters is 1. The molecule has 0 fully saturated rings. The highest BCUT2D eigenvalue weighted by molar-refractivity contribution is 6.50. The molecule has 3 aromatic rings. The smallest absolute Gasteiger partial charge is 0.375 e. The number of ketones is 3. The Kier molecular flexibility index (Phi) is 5.82. The van der Waals surface area contributed by atoms with E-state index in [0.29, 0.717) is 5.56 Å². The lowest BCUT2D eigenvalue weighted by atomic mass is 9.94. The molecule has 0 aliphatic carbocycles. The van der Waals surface area contributed by atoms with Crippen LogP contribution in [0.25, 0.3) is 11.0 Å². The van der Waals surface area contributed by atoms with Gasteiger partial charge in [-0.05, 0) is 18.2 Å². The minimum absolute atomic E-state index is 0.110. The first-order valence-electron chi connectivity index (χ1n) is 8.84. The van der Waals surface area contributed by atoms with E-state index in [1.165, 1.54) is 18.2 Å². The molecule has 10 heteroatoms. The molecule has 0 unspecified atom stereocenters. The van der Waals surface area contributed by atoms with Gasteiger partial charge in [0.2, 0.25) is 5.78 Å². The van der Waals surface area contributed by atoms with E-state index < -0.39 is 40.6 Å². The highest BCUT2D eigenvalue weighted by Crippen LogP contribution is 2.19. The van der Waals surface area contributed by atoms with Crippen LogP contribution in [-0.4, -0.2) is 46.3 Å². The Morgan fingerprint density at radius 1 is 0.968 bits per heavy atom. The molecular formula is C21H15N3O7. The van der Waals surface area contributed by atoms with Crippen LogP contribution in [0.5, 0.6) is 0 Å². The number of hydrogen-bond acceptors (Lipinski definition) is 8. The van der Waals surface area contributed by atoms with Crippen molar-refractivity contribution in [3.63, 3.8) is 0 Å². The highest BCUT2D eigenvalue weighted by atomic mass is 16.5. The first-order valence-corrected chi connectivity index (χ1v) is 8.84. The Balaban J connectivity index is 2.11. The molecule has 0 aliphatic rings. The number of H-pyrrole nitrogens is 1. The van der Waals surface area contributed by atoms with Crippen LogP contribution < -0.4 is 11.3 Å². The van der Waals surface area contributed by atoms with Gasteiger partial charge in [-0.15, -0.1) is 0 Å². The van der Waals surface area contributed by atoms with E-state index in [0.717, 1.165) is 7.11 Å². The van der Waals surface area contributed by atoms with Gasteiger partial charge in [-0.25, -0.2) is 9.78 Å². The van der Waals surface area contributed by atoms with Crippen molar-refractivity contribution in [3.05, 3.63) is 75.7 Å². The number of ether oxygens (including phenoxy) is 1. The summed E-state index contributed by atoms with van der Waals surface area (Å²) in [5, 5.41) is 0. The van der Waals surface area contributed by atoms with Crippen molar-refractivity contribution in [2.45, 2.75) is 5.92 Å². The molecule has 1 aromatic heterocycles. The zero-order valence-corrected chi connectivity index (χ0v) is 16.1. The molecule has 3 N–H and O–H groups in total. The number of rotatable bonds is 7. The zero-order valence-electron chi connectivity index (χ0n) is 16.1. The van der Waals surface area contributed by atoms with E-state index >= 15 is 0 Å². The van der Waals surface area contributed by atoms with Gasteiger partial charge in [-0.1, -0.05) is 30.3 Å². The summed E-state index contributed by atoms with van der Waals surface area (Å²) < 4.78 is 4.29. The third-order valence-corrected chi connectivity index (χ3v) is 4.44. The number of carbonyl (C=O) groups is 5. The summed E-state index contributed by atoms with van der Waals surface area (Å²) >= 11 is 0. The number of fused-ring (bicyclic) bond motifs is 1. The lowest BCUT2D eigenvalue weighted by Crippen LogP contribution is -2.39. The number of nitrogens with one attached hydrogen (secondary N) is 1. The van der Waals surface area contributed by atoms with E-state index in [9.17, 15) is 28.8 Å². The van der Waals surface area contributed by atoms with Gasteiger partial charge in [-0.2, -0.15) is 0 Å². The third-order valence-electron chi connectivity index (χ3n) is 4.44. The maximum Gasteiger partial charge on any atom is 0.375 e. The van der Waals surface area contributed by atoms with E-state index in [1.54, 1.807) is 30.3 Å². The second kappa shape index (κ2) is 8.49. The lowest BCUT2D eigenvalue weighted by Gasteiger charge is -2.11. The minimum Gasteiger partial charge on any atom is -0.463 e. The molecule has 0 saturated heterocycles. The maximum absolute atomic E-state index is 12.6. The SMILES string of the molecule is COC(=O)C(=O)[C@@H](C(=O)C(N)=O)c1nc2ccc(C(=O)c3ccccc3)cc2[nH]c1=O. The van der Waals surface area contributed by atoms with Crippen molar-refractivity contribution in [1.82, 2.24) is 9.97 Å². The van der Waals surface area contributed by atoms with E-state index in [2.05, 4.69) is 14.7 Å². The monoisotopic (exact) mass is 421 g/mol. The van der Waals surface area contributed by atoms with Crippen molar-refractivity contribution < 1.29 is 28.7 Å².